The van der Waals surface area contributed by atoms with Crippen molar-refractivity contribution in [1.29, 1.82) is 5.41 Å². The molecule has 0 fully saturated rings. The number of nitrogens with two attached hydrogens (primary N) is 1. The van der Waals surface area contributed by atoms with Crippen molar-refractivity contribution < 1.29 is 4.74 Å². The van der Waals surface area contributed by atoms with Gasteiger partial charge in [-0.1, -0.05) is 26.0 Å². The highest BCUT2D eigenvalue weighted by atomic mass is 16.5. The Kier molecular flexibility index (Phi) is 4.30. The highest BCUT2D eigenvalue weighted by molar-refractivity contribution is 5.92. The Hall–Kier alpha value is -2.43. The maximum atomic E-state index is 7.34. The lowest BCUT2D eigenvalue weighted by molar-refractivity contribution is 0.441. The monoisotopic (exact) mass is 270 g/mol. The van der Waals surface area contributed by atoms with Crippen molar-refractivity contribution in [2.24, 2.45) is 5.73 Å². The lowest BCUT2D eigenvalue weighted by atomic mass is 9.99. The second-order valence-electron chi connectivity index (χ2n) is 4.62. The maximum absolute atomic E-state index is 7.34. The summed E-state index contributed by atoms with van der Waals surface area (Å²) in [5, 5.41) is 7.34. The molecule has 0 radical (unpaired) electrons. The molecule has 1 unspecified atom stereocenters. The number of amidine groups is 1. The van der Waals surface area contributed by atoms with E-state index in [-0.39, 0.29) is 11.8 Å². The predicted octanol–water partition coefficient (Wildman–Crippen LogP) is 3.07. The summed E-state index contributed by atoms with van der Waals surface area (Å²) in [5.74, 6) is 1.09. The molecule has 0 saturated heterocycles. The molecule has 5 heteroatoms. The number of aromatic nitrogens is 2. The second kappa shape index (κ2) is 6.14. The maximum Gasteiger partial charge on any atom is 0.322 e. The first-order chi connectivity index (χ1) is 9.60. The first kappa shape index (κ1) is 14.0. The van der Waals surface area contributed by atoms with Gasteiger partial charge in [0.1, 0.15) is 17.3 Å². The number of nitrogens with one attached hydrogen (secondary N) is 1. The lowest BCUT2D eigenvalue weighted by Gasteiger charge is -2.10. The molecule has 2 aromatic rings. The minimum atomic E-state index is -0.107. The molecular formula is C15H18N4O. The molecule has 0 amide bonds. The van der Waals surface area contributed by atoms with E-state index in [4.69, 9.17) is 15.9 Å². The molecule has 104 valence electrons. The van der Waals surface area contributed by atoms with Crippen molar-refractivity contribution in [3.05, 3.63) is 47.8 Å². The molecule has 1 aromatic heterocycles. The van der Waals surface area contributed by atoms with E-state index >= 15 is 0 Å². The summed E-state index contributed by atoms with van der Waals surface area (Å²) in [7, 11) is 0. The van der Waals surface area contributed by atoms with Gasteiger partial charge >= 0.3 is 6.01 Å². The third-order valence-corrected chi connectivity index (χ3v) is 3.18. The third kappa shape index (κ3) is 3.32. The van der Waals surface area contributed by atoms with Crippen molar-refractivity contribution in [2.75, 3.05) is 0 Å². The summed E-state index contributed by atoms with van der Waals surface area (Å²) < 4.78 is 5.56. The number of ether oxygens (including phenoxy) is 1. The molecule has 0 aliphatic heterocycles. The first-order valence-corrected chi connectivity index (χ1v) is 6.55. The molecule has 0 aliphatic carbocycles. The van der Waals surface area contributed by atoms with Gasteiger partial charge in [-0.05, 0) is 36.1 Å². The van der Waals surface area contributed by atoms with Gasteiger partial charge in [-0.25, -0.2) is 4.98 Å². The van der Waals surface area contributed by atoms with Crippen LogP contribution in [-0.4, -0.2) is 15.8 Å². The van der Waals surface area contributed by atoms with E-state index in [1.54, 1.807) is 6.07 Å². The van der Waals surface area contributed by atoms with Gasteiger partial charge < -0.3 is 10.5 Å². The Morgan fingerprint density at radius 3 is 2.60 bits per heavy atom. The summed E-state index contributed by atoms with van der Waals surface area (Å²) in [6.07, 6.45) is 2.62. The van der Waals surface area contributed by atoms with E-state index in [0.717, 1.165) is 6.42 Å². The van der Waals surface area contributed by atoms with Gasteiger partial charge in [-0.3, -0.25) is 5.41 Å². The van der Waals surface area contributed by atoms with Crippen molar-refractivity contribution in [2.45, 2.75) is 26.2 Å². The van der Waals surface area contributed by atoms with Gasteiger partial charge in [0.05, 0.1) is 0 Å². The van der Waals surface area contributed by atoms with Crippen LogP contribution in [0.1, 0.15) is 37.4 Å². The van der Waals surface area contributed by atoms with Crippen molar-refractivity contribution in [3.8, 4) is 11.8 Å². The quantitative estimate of drug-likeness (QED) is 0.646. The topological polar surface area (TPSA) is 84.9 Å². The highest BCUT2D eigenvalue weighted by Gasteiger charge is 2.06. The molecule has 5 nitrogen and oxygen atoms in total. The van der Waals surface area contributed by atoms with Gasteiger partial charge in [0.2, 0.25) is 0 Å². The number of nitrogen functional groups attached to an aromatic ring is 1. The minimum Gasteiger partial charge on any atom is -0.424 e. The van der Waals surface area contributed by atoms with Crippen LogP contribution in [0.4, 0.5) is 0 Å². The van der Waals surface area contributed by atoms with Crippen LogP contribution in [0.5, 0.6) is 11.8 Å². The number of benzene rings is 1. The molecule has 2 rings (SSSR count). The molecule has 0 bridgehead atoms. The average molecular weight is 270 g/mol. The second-order valence-corrected chi connectivity index (χ2v) is 4.62. The number of hydrogen-bond donors (Lipinski definition) is 2. The Balaban J connectivity index is 2.14. The molecule has 3 N–H and O–H groups in total. The molecule has 0 spiro atoms. The van der Waals surface area contributed by atoms with Crippen LogP contribution >= 0.6 is 0 Å². The lowest BCUT2D eigenvalue weighted by Crippen LogP contribution is -2.13. The number of rotatable bonds is 5. The smallest absolute Gasteiger partial charge is 0.322 e. The standard InChI is InChI=1S/C15H18N4O/c1-3-10(2)11-4-6-12(7-5-11)20-15-18-9-8-13(19-15)14(16)17/h4-10H,3H2,1-2H3,(H3,16,17). The molecule has 1 heterocycles. The SMILES string of the molecule is CCC(C)c1ccc(Oc2nccc(C(=N)N)n2)cc1. The molecular weight excluding hydrogens is 252 g/mol. The minimum absolute atomic E-state index is 0.107. The van der Waals surface area contributed by atoms with Crippen molar-refractivity contribution in [3.63, 3.8) is 0 Å². The van der Waals surface area contributed by atoms with Crippen molar-refractivity contribution >= 4 is 5.84 Å². The fourth-order valence-electron chi connectivity index (χ4n) is 1.75. The van der Waals surface area contributed by atoms with Gasteiger partial charge in [-0.2, -0.15) is 4.98 Å². The molecule has 0 aliphatic rings. The van der Waals surface area contributed by atoms with Crippen molar-refractivity contribution in [1.82, 2.24) is 9.97 Å². The molecule has 1 aromatic carbocycles. The zero-order valence-corrected chi connectivity index (χ0v) is 11.6. The van der Waals surface area contributed by atoms with Gasteiger partial charge in [0.25, 0.3) is 0 Å². The van der Waals surface area contributed by atoms with Crippen LogP contribution in [0.15, 0.2) is 36.5 Å². The van der Waals surface area contributed by atoms with Gasteiger partial charge in [0, 0.05) is 6.20 Å². The van der Waals surface area contributed by atoms with Crippen LogP contribution in [0.25, 0.3) is 0 Å². The largest absolute Gasteiger partial charge is 0.424 e. The van der Waals surface area contributed by atoms with Crippen LogP contribution in [-0.2, 0) is 0 Å². The normalized spacial score (nSPS) is 11.9. The molecule has 20 heavy (non-hydrogen) atoms. The zero-order chi connectivity index (χ0) is 14.5. The summed E-state index contributed by atoms with van der Waals surface area (Å²) in [5.41, 5.74) is 7.01. The van der Waals surface area contributed by atoms with Gasteiger partial charge in [-0.15, -0.1) is 0 Å². The summed E-state index contributed by atoms with van der Waals surface area (Å²) in [6.45, 7) is 4.35. The Morgan fingerprint density at radius 2 is 2.00 bits per heavy atom. The van der Waals surface area contributed by atoms with E-state index in [1.165, 1.54) is 11.8 Å². The van der Waals surface area contributed by atoms with Gasteiger partial charge in [0.15, 0.2) is 0 Å². The number of nitrogens with zero attached hydrogens (tertiary/aromatic N) is 2. The van der Waals surface area contributed by atoms with E-state index < -0.39 is 0 Å². The summed E-state index contributed by atoms with van der Waals surface area (Å²) >= 11 is 0. The fourth-order valence-corrected chi connectivity index (χ4v) is 1.75. The van der Waals surface area contributed by atoms with Crippen LogP contribution in [0.3, 0.4) is 0 Å². The molecule has 1 atom stereocenters. The number of hydrogen-bond acceptors (Lipinski definition) is 4. The summed E-state index contributed by atoms with van der Waals surface area (Å²) in [4.78, 5) is 8.06. The third-order valence-electron chi connectivity index (χ3n) is 3.18. The van der Waals surface area contributed by atoms with Crippen LogP contribution < -0.4 is 10.5 Å². The van der Waals surface area contributed by atoms with E-state index in [2.05, 4.69) is 23.8 Å². The first-order valence-electron chi connectivity index (χ1n) is 6.55. The van der Waals surface area contributed by atoms with Crippen LogP contribution in [0, 0.1) is 5.41 Å². The predicted molar refractivity (Wildman–Crippen MR) is 78.3 cm³/mol. The van der Waals surface area contributed by atoms with E-state index in [9.17, 15) is 0 Å². The summed E-state index contributed by atoms with van der Waals surface area (Å²) in [6, 6.07) is 9.63. The Labute approximate surface area is 118 Å². The van der Waals surface area contributed by atoms with Crippen LogP contribution in [0.2, 0.25) is 0 Å². The van der Waals surface area contributed by atoms with E-state index in [0.29, 0.717) is 17.4 Å². The Morgan fingerprint density at radius 1 is 1.30 bits per heavy atom. The fraction of sp³-hybridized carbons (Fsp3) is 0.267. The Bertz CT molecular complexity index is 595. The highest BCUT2D eigenvalue weighted by Crippen LogP contribution is 2.23. The zero-order valence-electron chi connectivity index (χ0n) is 11.6. The average Bonchev–Trinajstić information content (AvgIpc) is 2.47. The molecule has 0 saturated carbocycles. The van der Waals surface area contributed by atoms with E-state index in [1.807, 2.05) is 24.3 Å².